The second-order valence-corrected chi connectivity index (χ2v) is 7.17. The molecule has 0 amide bonds. The standard InChI is InChI=1S/C17H26/c1-2-6-14-12(4-1)8-10-17-15-7-3-5-13(15)9-11-16(14)17/h1,4,12-17H,2-3,5-11H2/t12?,13-,14-,15+,16+,17-/m0/s1. The van der Waals surface area contributed by atoms with Gasteiger partial charge in [0.2, 0.25) is 0 Å². The Balaban J connectivity index is 1.59. The van der Waals surface area contributed by atoms with Crippen molar-refractivity contribution in [3.63, 3.8) is 0 Å². The van der Waals surface area contributed by atoms with E-state index in [1.54, 1.807) is 38.5 Å². The Morgan fingerprint density at radius 3 is 2.53 bits per heavy atom. The van der Waals surface area contributed by atoms with Crippen molar-refractivity contribution >= 4 is 0 Å². The minimum Gasteiger partial charge on any atom is -0.0882 e. The Morgan fingerprint density at radius 2 is 1.53 bits per heavy atom. The zero-order chi connectivity index (χ0) is 11.2. The first-order valence-electron chi connectivity index (χ1n) is 8.10. The molecule has 0 heteroatoms. The number of hydrogen-bond acceptors (Lipinski definition) is 0. The minimum absolute atomic E-state index is 0.975. The molecule has 0 aromatic heterocycles. The summed E-state index contributed by atoms with van der Waals surface area (Å²) in [6, 6.07) is 0. The Hall–Kier alpha value is -0.260. The number of fused-ring (bicyclic) bond motifs is 5. The molecule has 4 aliphatic rings. The summed E-state index contributed by atoms with van der Waals surface area (Å²) in [5, 5.41) is 0. The molecule has 3 saturated carbocycles. The third kappa shape index (κ3) is 1.63. The van der Waals surface area contributed by atoms with E-state index in [-0.39, 0.29) is 0 Å². The second kappa shape index (κ2) is 4.14. The van der Waals surface area contributed by atoms with Crippen LogP contribution in [0.15, 0.2) is 12.2 Å². The second-order valence-electron chi connectivity index (χ2n) is 7.17. The predicted octanol–water partition coefficient (Wildman–Crippen LogP) is 4.81. The topological polar surface area (TPSA) is 0 Å². The van der Waals surface area contributed by atoms with Crippen molar-refractivity contribution < 1.29 is 0 Å². The highest BCUT2D eigenvalue weighted by atomic mass is 14.5. The fraction of sp³-hybridized carbons (Fsp3) is 0.882. The number of rotatable bonds is 0. The molecule has 0 spiro atoms. The first kappa shape index (κ1) is 10.6. The van der Waals surface area contributed by atoms with Crippen molar-refractivity contribution in [2.45, 2.75) is 57.8 Å². The summed E-state index contributed by atoms with van der Waals surface area (Å²) < 4.78 is 0. The maximum atomic E-state index is 2.57. The van der Waals surface area contributed by atoms with Gasteiger partial charge in [0.15, 0.2) is 0 Å². The van der Waals surface area contributed by atoms with Crippen LogP contribution in [0.1, 0.15) is 57.8 Å². The molecule has 94 valence electrons. The van der Waals surface area contributed by atoms with Gasteiger partial charge in [0, 0.05) is 0 Å². The summed E-state index contributed by atoms with van der Waals surface area (Å²) in [6.07, 6.45) is 18.9. The zero-order valence-corrected chi connectivity index (χ0v) is 11.0. The molecular weight excluding hydrogens is 204 g/mol. The highest BCUT2D eigenvalue weighted by Crippen LogP contribution is 2.56. The van der Waals surface area contributed by atoms with Gasteiger partial charge in [-0.2, -0.15) is 0 Å². The van der Waals surface area contributed by atoms with Crippen LogP contribution in [0.25, 0.3) is 0 Å². The Morgan fingerprint density at radius 1 is 0.647 bits per heavy atom. The fourth-order valence-corrected chi connectivity index (χ4v) is 6.03. The highest BCUT2D eigenvalue weighted by Gasteiger charge is 2.47. The molecule has 0 aromatic rings. The minimum atomic E-state index is 0.975. The SMILES string of the molecule is C1=CC2CC[C@H]3[C@@H]4CCC[C@H]4CC[C@@H]3[C@H]2CC1. The molecule has 17 heavy (non-hydrogen) atoms. The lowest BCUT2D eigenvalue weighted by molar-refractivity contribution is 0.00556. The van der Waals surface area contributed by atoms with Crippen LogP contribution in [0.4, 0.5) is 0 Å². The van der Waals surface area contributed by atoms with E-state index in [0.717, 1.165) is 35.5 Å². The summed E-state index contributed by atoms with van der Waals surface area (Å²) in [7, 11) is 0. The average Bonchev–Trinajstić information content (AvgIpc) is 2.86. The molecule has 0 nitrogen and oxygen atoms in total. The fourth-order valence-electron chi connectivity index (χ4n) is 6.03. The largest absolute Gasteiger partial charge is 0.0882 e. The number of hydrogen-bond donors (Lipinski definition) is 0. The van der Waals surface area contributed by atoms with Gasteiger partial charge in [-0.25, -0.2) is 0 Å². The highest BCUT2D eigenvalue weighted by molar-refractivity contribution is 5.05. The van der Waals surface area contributed by atoms with Crippen LogP contribution in [0, 0.1) is 35.5 Å². The Bertz CT molecular complexity index is 316. The molecule has 3 fully saturated rings. The molecule has 0 bridgehead atoms. The molecule has 0 saturated heterocycles. The smallest absolute Gasteiger partial charge is 0.0202 e. The van der Waals surface area contributed by atoms with Gasteiger partial charge in [-0.3, -0.25) is 0 Å². The van der Waals surface area contributed by atoms with E-state index in [1.807, 2.05) is 0 Å². The van der Waals surface area contributed by atoms with E-state index in [9.17, 15) is 0 Å². The molecular formula is C17H26. The summed E-state index contributed by atoms with van der Waals surface area (Å²) >= 11 is 0. The summed E-state index contributed by atoms with van der Waals surface area (Å²) in [5.41, 5.74) is 0. The van der Waals surface area contributed by atoms with Crippen molar-refractivity contribution in [2.24, 2.45) is 35.5 Å². The average molecular weight is 230 g/mol. The third-order valence-electron chi connectivity index (χ3n) is 6.67. The molecule has 1 unspecified atom stereocenters. The molecule has 0 heterocycles. The van der Waals surface area contributed by atoms with Gasteiger partial charge in [0.25, 0.3) is 0 Å². The van der Waals surface area contributed by atoms with Gasteiger partial charge in [-0.05, 0) is 80.5 Å². The lowest BCUT2D eigenvalue weighted by atomic mass is 9.55. The van der Waals surface area contributed by atoms with Crippen LogP contribution in [0.3, 0.4) is 0 Å². The van der Waals surface area contributed by atoms with Crippen LogP contribution < -0.4 is 0 Å². The van der Waals surface area contributed by atoms with Crippen LogP contribution in [0.5, 0.6) is 0 Å². The quantitative estimate of drug-likeness (QED) is 0.524. The molecule has 0 N–H and O–H groups in total. The van der Waals surface area contributed by atoms with Gasteiger partial charge in [-0.1, -0.05) is 25.0 Å². The Labute approximate surface area is 106 Å². The first-order valence-corrected chi connectivity index (χ1v) is 8.10. The third-order valence-corrected chi connectivity index (χ3v) is 6.67. The van der Waals surface area contributed by atoms with Gasteiger partial charge in [-0.15, -0.1) is 0 Å². The van der Waals surface area contributed by atoms with Crippen LogP contribution in [-0.4, -0.2) is 0 Å². The van der Waals surface area contributed by atoms with Gasteiger partial charge < -0.3 is 0 Å². The molecule has 4 aliphatic carbocycles. The van der Waals surface area contributed by atoms with E-state index >= 15 is 0 Å². The predicted molar refractivity (Wildman–Crippen MR) is 71.6 cm³/mol. The van der Waals surface area contributed by atoms with E-state index in [2.05, 4.69) is 12.2 Å². The van der Waals surface area contributed by atoms with Crippen molar-refractivity contribution in [3.05, 3.63) is 12.2 Å². The van der Waals surface area contributed by atoms with Crippen molar-refractivity contribution in [1.82, 2.24) is 0 Å². The van der Waals surface area contributed by atoms with Crippen molar-refractivity contribution in [1.29, 1.82) is 0 Å². The molecule has 6 atom stereocenters. The maximum absolute atomic E-state index is 2.57. The van der Waals surface area contributed by atoms with Crippen molar-refractivity contribution in [2.75, 3.05) is 0 Å². The van der Waals surface area contributed by atoms with Crippen LogP contribution in [0.2, 0.25) is 0 Å². The van der Waals surface area contributed by atoms with Gasteiger partial charge >= 0.3 is 0 Å². The monoisotopic (exact) mass is 230 g/mol. The summed E-state index contributed by atoms with van der Waals surface area (Å²) in [6.45, 7) is 0. The summed E-state index contributed by atoms with van der Waals surface area (Å²) in [5.74, 6) is 6.62. The molecule has 0 aromatic carbocycles. The van der Waals surface area contributed by atoms with Crippen LogP contribution in [-0.2, 0) is 0 Å². The van der Waals surface area contributed by atoms with E-state index in [1.165, 1.54) is 19.3 Å². The molecule has 4 rings (SSSR count). The van der Waals surface area contributed by atoms with E-state index in [0.29, 0.717) is 0 Å². The van der Waals surface area contributed by atoms with E-state index in [4.69, 9.17) is 0 Å². The van der Waals surface area contributed by atoms with Crippen molar-refractivity contribution in [3.8, 4) is 0 Å². The summed E-state index contributed by atoms with van der Waals surface area (Å²) in [4.78, 5) is 0. The van der Waals surface area contributed by atoms with Gasteiger partial charge in [0.05, 0.1) is 0 Å². The van der Waals surface area contributed by atoms with Gasteiger partial charge in [0.1, 0.15) is 0 Å². The first-order chi connectivity index (χ1) is 8.43. The normalized spacial score (nSPS) is 52.7. The number of allylic oxidation sites excluding steroid dienone is 2. The Kier molecular flexibility index (Phi) is 2.59. The maximum Gasteiger partial charge on any atom is -0.0202 e. The lowest BCUT2D eigenvalue weighted by Gasteiger charge is -2.50. The lowest BCUT2D eigenvalue weighted by Crippen LogP contribution is -2.42. The molecule has 0 radical (unpaired) electrons. The zero-order valence-electron chi connectivity index (χ0n) is 11.0. The van der Waals surface area contributed by atoms with E-state index < -0.39 is 0 Å². The van der Waals surface area contributed by atoms with Crippen LogP contribution >= 0.6 is 0 Å². The molecule has 0 aliphatic heterocycles.